The second-order valence-electron chi connectivity index (χ2n) is 12.3. The fraction of sp³-hybridized carbons (Fsp3) is 0.656. The van der Waals surface area contributed by atoms with E-state index < -0.39 is 5.97 Å². The molecule has 2 fully saturated rings. The zero-order valence-electron chi connectivity index (χ0n) is 24.0. The van der Waals surface area contributed by atoms with Crippen LogP contribution in [0.5, 0.6) is 0 Å². The van der Waals surface area contributed by atoms with Crippen LogP contribution in [0.1, 0.15) is 86.0 Å². The molecule has 0 heterocycles. The monoisotopic (exact) mass is 510 g/mol. The van der Waals surface area contributed by atoms with Crippen LogP contribution in [0, 0.1) is 34.0 Å². The molecular formula is C32H46O5. The average molecular weight is 511 g/mol. The van der Waals surface area contributed by atoms with Crippen LogP contribution < -0.4 is 0 Å². The van der Waals surface area contributed by atoms with Gasteiger partial charge >= 0.3 is 11.9 Å². The van der Waals surface area contributed by atoms with Crippen LogP contribution >= 0.6 is 0 Å². The van der Waals surface area contributed by atoms with Gasteiger partial charge in [-0.1, -0.05) is 56.7 Å². The first-order chi connectivity index (χ1) is 17.3. The van der Waals surface area contributed by atoms with E-state index in [9.17, 15) is 14.4 Å². The van der Waals surface area contributed by atoms with Gasteiger partial charge in [-0.05, 0) is 87.0 Å². The summed E-state index contributed by atoms with van der Waals surface area (Å²) in [6.45, 7) is 19.6. The molecule has 0 bridgehead atoms. The molecule has 0 aromatic rings. The van der Waals surface area contributed by atoms with Crippen LogP contribution in [-0.2, 0) is 23.9 Å². The number of hydrogen-bond donors (Lipinski definition) is 0. The molecule has 3 aliphatic rings. The molecule has 5 heteroatoms. The molecule has 6 unspecified atom stereocenters. The highest BCUT2D eigenvalue weighted by atomic mass is 16.5. The number of rotatable bonds is 9. The lowest BCUT2D eigenvalue weighted by Crippen LogP contribution is -2.45. The molecule has 3 rings (SSSR count). The predicted octanol–water partition coefficient (Wildman–Crippen LogP) is 6.94. The fourth-order valence-corrected chi connectivity index (χ4v) is 8.25. The molecule has 0 aromatic carbocycles. The van der Waals surface area contributed by atoms with E-state index in [0.29, 0.717) is 30.3 Å². The molecule has 0 N–H and O–H groups in total. The van der Waals surface area contributed by atoms with Crippen molar-refractivity contribution in [3.8, 4) is 0 Å². The summed E-state index contributed by atoms with van der Waals surface area (Å²) in [5.74, 6) is 0.0892. The highest BCUT2D eigenvalue weighted by molar-refractivity contribution is 5.99. The molecule has 204 valence electrons. The van der Waals surface area contributed by atoms with E-state index in [1.165, 1.54) is 37.0 Å². The maximum absolute atomic E-state index is 13.0. The summed E-state index contributed by atoms with van der Waals surface area (Å²) < 4.78 is 9.76. The molecule has 0 amide bonds. The van der Waals surface area contributed by atoms with Crippen molar-refractivity contribution in [1.29, 1.82) is 0 Å². The normalized spacial score (nSPS) is 34.1. The molecule has 0 radical (unpaired) electrons. The lowest BCUT2D eigenvalue weighted by molar-refractivity contribution is -0.141. The molecule has 1 spiro atoms. The molecule has 0 aliphatic heterocycles. The van der Waals surface area contributed by atoms with Crippen molar-refractivity contribution >= 4 is 17.7 Å². The fourth-order valence-electron chi connectivity index (χ4n) is 8.25. The van der Waals surface area contributed by atoms with Crippen molar-refractivity contribution in [2.24, 2.45) is 34.0 Å². The van der Waals surface area contributed by atoms with Crippen LogP contribution in [0.25, 0.3) is 0 Å². The zero-order valence-corrected chi connectivity index (χ0v) is 24.0. The summed E-state index contributed by atoms with van der Waals surface area (Å²) in [5.41, 5.74) is 3.91. The summed E-state index contributed by atoms with van der Waals surface area (Å²) in [5, 5.41) is 0. The van der Waals surface area contributed by atoms with Crippen molar-refractivity contribution in [3.05, 3.63) is 47.6 Å². The third kappa shape index (κ3) is 4.79. The number of carbonyl (C=O) groups is 3. The Morgan fingerprint density at radius 1 is 1.16 bits per heavy atom. The minimum absolute atomic E-state index is 0.0401. The standard InChI is InChI=1S/C32H46O5/c1-20(2)25-10-11-27-26(30(25,6)15-14-28(34)36-8)13-17-32(27)22(4)12-16-31(32,7)23(5)19-24(33)18-21(3)29(35)37-9/h11,18,23,25-26H,1,4,10,12-17,19H2,2-3,5-9H3. The predicted molar refractivity (Wildman–Crippen MR) is 147 cm³/mol. The Morgan fingerprint density at radius 3 is 2.43 bits per heavy atom. The van der Waals surface area contributed by atoms with E-state index in [4.69, 9.17) is 9.47 Å². The molecule has 0 aromatic heterocycles. The van der Waals surface area contributed by atoms with Crippen molar-refractivity contribution in [2.75, 3.05) is 14.2 Å². The maximum atomic E-state index is 13.0. The number of ketones is 1. The minimum atomic E-state index is -0.470. The number of fused-ring (bicyclic) bond motifs is 2. The first-order valence-electron chi connectivity index (χ1n) is 13.7. The summed E-state index contributed by atoms with van der Waals surface area (Å²) in [6, 6.07) is 0. The summed E-state index contributed by atoms with van der Waals surface area (Å²) >= 11 is 0. The Morgan fingerprint density at radius 2 is 1.84 bits per heavy atom. The Balaban J connectivity index is 1.98. The van der Waals surface area contributed by atoms with Gasteiger partial charge in [-0.2, -0.15) is 0 Å². The molecule has 3 aliphatic carbocycles. The molecular weight excluding hydrogens is 464 g/mol. The highest BCUT2D eigenvalue weighted by Gasteiger charge is 2.64. The largest absolute Gasteiger partial charge is 0.469 e. The van der Waals surface area contributed by atoms with Gasteiger partial charge in [-0.25, -0.2) is 4.79 Å². The van der Waals surface area contributed by atoms with E-state index in [2.05, 4.69) is 46.9 Å². The quantitative estimate of drug-likeness (QED) is 0.191. The summed E-state index contributed by atoms with van der Waals surface area (Å²) in [6.07, 6.45) is 10.4. The zero-order chi connectivity index (χ0) is 27.8. The van der Waals surface area contributed by atoms with Crippen LogP contribution in [0.2, 0.25) is 0 Å². The average Bonchev–Trinajstić information content (AvgIpc) is 3.38. The smallest absolute Gasteiger partial charge is 0.333 e. The molecule has 6 atom stereocenters. The van der Waals surface area contributed by atoms with Crippen LogP contribution in [0.15, 0.2) is 47.6 Å². The summed E-state index contributed by atoms with van der Waals surface area (Å²) in [4.78, 5) is 36.9. The maximum Gasteiger partial charge on any atom is 0.333 e. The number of allylic oxidation sites excluding steroid dienone is 5. The molecule has 0 saturated heterocycles. The first-order valence-corrected chi connectivity index (χ1v) is 13.7. The second kappa shape index (κ2) is 10.7. The molecule has 2 saturated carbocycles. The van der Waals surface area contributed by atoms with Gasteiger partial charge in [-0.3, -0.25) is 9.59 Å². The Labute approximate surface area is 223 Å². The first kappa shape index (κ1) is 29.1. The van der Waals surface area contributed by atoms with E-state index in [0.717, 1.165) is 38.5 Å². The van der Waals surface area contributed by atoms with Crippen molar-refractivity contribution in [3.63, 3.8) is 0 Å². The van der Waals surface area contributed by atoms with Crippen LogP contribution in [0.3, 0.4) is 0 Å². The van der Waals surface area contributed by atoms with Crippen LogP contribution in [0.4, 0.5) is 0 Å². The van der Waals surface area contributed by atoms with Gasteiger partial charge in [0, 0.05) is 23.8 Å². The SMILES string of the molecule is C=C(C)C1CC=C2C(CCC23C(=C)CCC3(C)C(C)CC(=O)C=C(C)C(=O)OC)C1(C)CCC(=O)OC. The second-order valence-corrected chi connectivity index (χ2v) is 12.3. The highest BCUT2D eigenvalue weighted by Crippen LogP contribution is 2.73. The number of carbonyl (C=O) groups excluding carboxylic acids is 3. The molecule has 37 heavy (non-hydrogen) atoms. The number of methoxy groups -OCH3 is 2. The van der Waals surface area contributed by atoms with E-state index in [-0.39, 0.29) is 33.9 Å². The lowest BCUT2D eigenvalue weighted by atomic mass is 9.51. The van der Waals surface area contributed by atoms with Crippen LogP contribution in [-0.4, -0.2) is 31.9 Å². The van der Waals surface area contributed by atoms with E-state index >= 15 is 0 Å². The van der Waals surface area contributed by atoms with Gasteiger partial charge in [0.2, 0.25) is 0 Å². The van der Waals surface area contributed by atoms with Crippen molar-refractivity contribution in [2.45, 2.75) is 86.0 Å². The van der Waals surface area contributed by atoms with Crippen molar-refractivity contribution in [1.82, 2.24) is 0 Å². The lowest BCUT2D eigenvalue weighted by Gasteiger charge is -2.52. The minimum Gasteiger partial charge on any atom is -0.469 e. The molecule has 5 nitrogen and oxygen atoms in total. The number of ether oxygens (including phenoxy) is 2. The third-order valence-electron chi connectivity index (χ3n) is 10.5. The Kier molecular flexibility index (Phi) is 8.46. The van der Waals surface area contributed by atoms with Gasteiger partial charge in [-0.15, -0.1) is 0 Å². The number of hydrogen-bond acceptors (Lipinski definition) is 5. The topological polar surface area (TPSA) is 69.7 Å². The van der Waals surface area contributed by atoms with Gasteiger partial charge in [0.25, 0.3) is 0 Å². The van der Waals surface area contributed by atoms with Gasteiger partial charge < -0.3 is 9.47 Å². The van der Waals surface area contributed by atoms with E-state index in [1.54, 1.807) is 6.92 Å². The van der Waals surface area contributed by atoms with E-state index in [1.807, 2.05) is 0 Å². The van der Waals surface area contributed by atoms with Gasteiger partial charge in [0.1, 0.15) is 0 Å². The third-order valence-corrected chi connectivity index (χ3v) is 10.5. The van der Waals surface area contributed by atoms with Crippen molar-refractivity contribution < 1.29 is 23.9 Å². The Bertz CT molecular complexity index is 1050. The number of esters is 2. The van der Waals surface area contributed by atoms with Gasteiger partial charge in [0.05, 0.1) is 14.2 Å². The summed E-state index contributed by atoms with van der Waals surface area (Å²) in [7, 11) is 2.78. The Hall–Kier alpha value is -2.43. The van der Waals surface area contributed by atoms with Gasteiger partial charge in [0.15, 0.2) is 5.78 Å².